The molecule has 1 amide bonds. The van der Waals surface area contributed by atoms with Crippen molar-refractivity contribution >= 4 is 11.6 Å². The van der Waals surface area contributed by atoms with Crippen LogP contribution in [0.25, 0.3) is 0 Å². The highest BCUT2D eigenvalue weighted by Crippen LogP contribution is 2.17. The Morgan fingerprint density at radius 2 is 2.05 bits per heavy atom. The fourth-order valence-corrected chi connectivity index (χ4v) is 1.93. The summed E-state index contributed by atoms with van der Waals surface area (Å²) < 4.78 is 0. The second kappa shape index (κ2) is 6.49. The number of nitrogens with zero attached hydrogens (tertiary/aromatic N) is 3. The summed E-state index contributed by atoms with van der Waals surface area (Å²) in [5, 5.41) is 9.63. The first-order valence-electron chi connectivity index (χ1n) is 6.93. The molecule has 2 N–H and O–H groups in total. The number of para-hydroxylation sites is 1. The number of carbonyl (C=O) groups excluding carboxylic acids is 1. The van der Waals surface area contributed by atoms with E-state index in [2.05, 4.69) is 25.4 Å². The predicted octanol–water partition coefficient (Wildman–Crippen LogP) is 2.24. The number of aromatic nitrogens is 3. The Hall–Kier alpha value is -2.21. The summed E-state index contributed by atoms with van der Waals surface area (Å²) in [5.41, 5.74) is 1.84. The van der Waals surface area contributed by atoms with Gasteiger partial charge in [0.2, 0.25) is 5.82 Å². The van der Waals surface area contributed by atoms with Gasteiger partial charge in [0.1, 0.15) is 5.82 Å². The van der Waals surface area contributed by atoms with Crippen molar-refractivity contribution in [2.24, 2.45) is 0 Å². The van der Waals surface area contributed by atoms with Crippen molar-refractivity contribution in [3.05, 3.63) is 41.5 Å². The second-order valence-electron chi connectivity index (χ2n) is 5.55. The van der Waals surface area contributed by atoms with Gasteiger partial charge < -0.3 is 10.2 Å². The van der Waals surface area contributed by atoms with Crippen LogP contribution in [0.1, 0.15) is 41.8 Å². The van der Waals surface area contributed by atoms with Crippen molar-refractivity contribution in [2.45, 2.75) is 26.3 Å². The minimum Gasteiger partial charge on any atom is -0.319 e. The van der Waals surface area contributed by atoms with E-state index in [-0.39, 0.29) is 17.6 Å². The molecule has 0 fully saturated rings. The summed E-state index contributed by atoms with van der Waals surface area (Å²) in [6.45, 7) is 4.74. The van der Waals surface area contributed by atoms with Crippen LogP contribution in [-0.2, 0) is 6.54 Å². The summed E-state index contributed by atoms with van der Waals surface area (Å²) in [6.07, 6.45) is 0. The van der Waals surface area contributed by atoms with E-state index in [1.165, 1.54) is 0 Å². The first kappa shape index (κ1) is 15.2. The summed E-state index contributed by atoms with van der Waals surface area (Å²) in [4.78, 5) is 18.5. The van der Waals surface area contributed by atoms with Crippen LogP contribution in [-0.4, -0.2) is 40.1 Å². The number of hydrogen-bond acceptors (Lipinski definition) is 4. The van der Waals surface area contributed by atoms with E-state index < -0.39 is 0 Å². The molecule has 0 bridgehead atoms. The van der Waals surface area contributed by atoms with Crippen molar-refractivity contribution in [2.75, 3.05) is 19.4 Å². The number of carbonyl (C=O) groups is 1. The molecule has 0 unspecified atom stereocenters. The predicted molar refractivity (Wildman–Crippen MR) is 82.3 cm³/mol. The fraction of sp³-hybridized carbons (Fsp3) is 0.400. The van der Waals surface area contributed by atoms with Crippen LogP contribution < -0.4 is 5.32 Å². The van der Waals surface area contributed by atoms with E-state index >= 15 is 0 Å². The van der Waals surface area contributed by atoms with Crippen LogP contribution >= 0.6 is 0 Å². The molecule has 1 aromatic heterocycles. The monoisotopic (exact) mass is 287 g/mol. The van der Waals surface area contributed by atoms with Gasteiger partial charge in [-0.05, 0) is 25.7 Å². The fourth-order valence-electron chi connectivity index (χ4n) is 1.93. The summed E-state index contributed by atoms with van der Waals surface area (Å²) >= 11 is 0. The zero-order valence-electron chi connectivity index (χ0n) is 12.8. The van der Waals surface area contributed by atoms with E-state index in [4.69, 9.17) is 0 Å². The number of H-pyrrole nitrogens is 1. The molecule has 6 heteroatoms. The third kappa shape index (κ3) is 3.88. The van der Waals surface area contributed by atoms with Crippen LogP contribution in [0, 0.1) is 0 Å². The van der Waals surface area contributed by atoms with Gasteiger partial charge in [-0.25, -0.2) is 4.98 Å². The van der Waals surface area contributed by atoms with E-state index in [0.717, 1.165) is 17.8 Å². The number of nitrogens with one attached hydrogen (secondary N) is 2. The molecule has 112 valence electrons. The lowest BCUT2D eigenvalue weighted by atomic mass is 10.1. The Balaban J connectivity index is 2.15. The zero-order valence-corrected chi connectivity index (χ0v) is 12.8. The van der Waals surface area contributed by atoms with Gasteiger partial charge in [-0.15, -0.1) is 5.10 Å². The molecular weight excluding hydrogens is 266 g/mol. The molecule has 1 heterocycles. The highest BCUT2D eigenvalue weighted by Gasteiger charge is 2.15. The Labute approximate surface area is 124 Å². The van der Waals surface area contributed by atoms with Crippen molar-refractivity contribution in [3.63, 3.8) is 0 Å². The molecule has 0 aliphatic carbocycles. The molecule has 6 nitrogen and oxygen atoms in total. The van der Waals surface area contributed by atoms with Crippen LogP contribution in [0.5, 0.6) is 0 Å². The second-order valence-corrected chi connectivity index (χ2v) is 5.55. The zero-order chi connectivity index (χ0) is 15.4. The molecule has 0 saturated heterocycles. The number of amides is 1. The molecule has 0 saturated carbocycles. The van der Waals surface area contributed by atoms with Crippen LogP contribution in [0.3, 0.4) is 0 Å². The van der Waals surface area contributed by atoms with Gasteiger partial charge in [-0.1, -0.05) is 32.0 Å². The normalized spacial score (nSPS) is 11.1. The Bertz CT molecular complexity index is 618. The average Bonchev–Trinajstić information content (AvgIpc) is 2.90. The van der Waals surface area contributed by atoms with Crippen molar-refractivity contribution in [3.8, 4) is 0 Å². The third-order valence-electron chi connectivity index (χ3n) is 3.00. The topological polar surface area (TPSA) is 73.9 Å². The number of rotatable bonds is 5. The molecule has 1 aromatic carbocycles. The molecule has 0 aliphatic heterocycles. The molecular formula is C15H21N5O. The number of anilines is 1. The molecule has 21 heavy (non-hydrogen) atoms. The number of hydrogen-bond donors (Lipinski definition) is 2. The Morgan fingerprint density at radius 3 is 2.67 bits per heavy atom. The van der Waals surface area contributed by atoms with Gasteiger partial charge in [0.05, 0.1) is 0 Å². The van der Waals surface area contributed by atoms with Gasteiger partial charge in [0, 0.05) is 18.2 Å². The maximum absolute atomic E-state index is 12.2. The molecule has 2 rings (SSSR count). The maximum Gasteiger partial charge on any atom is 0.295 e. The van der Waals surface area contributed by atoms with Gasteiger partial charge in [-0.2, -0.15) is 0 Å². The molecule has 0 aliphatic rings. The van der Waals surface area contributed by atoms with E-state index in [1.807, 2.05) is 52.2 Å². The smallest absolute Gasteiger partial charge is 0.295 e. The summed E-state index contributed by atoms with van der Waals surface area (Å²) in [7, 11) is 3.98. The highest BCUT2D eigenvalue weighted by atomic mass is 16.2. The number of benzene rings is 1. The van der Waals surface area contributed by atoms with Crippen molar-refractivity contribution in [1.29, 1.82) is 0 Å². The first-order valence-corrected chi connectivity index (χ1v) is 6.93. The van der Waals surface area contributed by atoms with E-state index in [1.54, 1.807) is 0 Å². The van der Waals surface area contributed by atoms with E-state index in [0.29, 0.717) is 5.82 Å². The molecule has 0 spiro atoms. The third-order valence-corrected chi connectivity index (χ3v) is 3.00. The van der Waals surface area contributed by atoms with Crippen LogP contribution in [0.4, 0.5) is 5.69 Å². The van der Waals surface area contributed by atoms with Gasteiger partial charge in [0.25, 0.3) is 5.91 Å². The number of aromatic amines is 1. The molecule has 0 atom stereocenters. The lowest BCUT2D eigenvalue weighted by Gasteiger charge is -2.14. The SMILES string of the molecule is CC(C)c1nc(C(=O)Nc2ccccc2CN(C)C)n[nH]1. The molecule has 2 aromatic rings. The minimum atomic E-state index is -0.302. The Kier molecular flexibility index (Phi) is 4.70. The van der Waals surface area contributed by atoms with E-state index in [9.17, 15) is 4.79 Å². The maximum atomic E-state index is 12.2. The van der Waals surface area contributed by atoms with Crippen molar-refractivity contribution in [1.82, 2.24) is 20.1 Å². The summed E-state index contributed by atoms with van der Waals surface area (Å²) in [5.74, 6) is 0.782. The van der Waals surface area contributed by atoms with Crippen molar-refractivity contribution < 1.29 is 4.79 Å². The lowest BCUT2D eigenvalue weighted by Crippen LogP contribution is -2.17. The van der Waals surface area contributed by atoms with Gasteiger partial charge >= 0.3 is 0 Å². The first-order chi connectivity index (χ1) is 9.97. The standard InChI is InChI=1S/C15H21N5O/c1-10(2)13-17-14(19-18-13)15(21)16-12-8-6-5-7-11(12)9-20(3)4/h5-8,10H,9H2,1-4H3,(H,16,21)(H,17,18,19). The largest absolute Gasteiger partial charge is 0.319 e. The highest BCUT2D eigenvalue weighted by molar-refractivity contribution is 6.01. The summed E-state index contributed by atoms with van der Waals surface area (Å²) in [6, 6.07) is 7.73. The van der Waals surface area contributed by atoms with Crippen LogP contribution in [0.15, 0.2) is 24.3 Å². The van der Waals surface area contributed by atoms with Gasteiger partial charge in [0.15, 0.2) is 0 Å². The Morgan fingerprint density at radius 1 is 1.33 bits per heavy atom. The average molecular weight is 287 g/mol. The van der Waals surface area contributed by atoms with Gasteiger partial charge in [-0.3, -0.25) is 9.89 Å². The van der Waals surface area contributed by atoms with Crippen LogP contribution in [0.2, 0.25) is 0 Å². The quantitative estimate of drug-likeness (QED) is 0.884. The lowest BCUT2D eigenvalue weighted by molar-refractivity contribution is 0.101. The minimum absolute atomic E-state index is 0.165. The molecule has 0 radical (unpaired) electrons.